The second kappa shape index (κ2) is 6.95. The van der Waals surface area contributed by atoms with Crippen molar-refractivity contribution in [3.63, 3.8) is 0 Å². The van der Waals surface area contributed by atoms with Crippen LogP contribution in [0.4, 0.5) is 0 Å². The number of nitrogens with zero attached hydrogens (tertiary/aromatic N) is 4. The van der Waals surface area contributed by atoms with E-state index < -0.39 is 0 Å². The Hall–Kier alpha value is -3.86. The summed E-state index contributed by atoms with van der Waals surface area (Å²) in [6.07, 6.45) is 3.31. The van der Waals surface area contributed by atoms with Crippen molar-refractivity contribution in [2.45, 2.75) is 13.5 Å². The first-order chi connectivity index (χ1) is 14.3. The molecule has 0 amide bonds. The molecule has 5 rings (SSSR count). The van der Waals surface area contributed by atoms with E-state index in [1.54, 1.807) is 0 Å². The highest BCUT2D eigenvalue weighted by molar-refractivity contribution is 6.09. The fraction of sp³-hybridized carbons (Fsp3) is 0.0833. The molecule has 0 atom stereocenters. The molecule has 0 aliphatic heterocycles. The average Bonchev–Trinajstić information content (AvgIpc) is 3.33. The van der Waals surface area contributed by atoms with Gasteiger partial charge in [-0.25, -0.2) is 4.68 Å². The molecule has 5 heteroatoms. The van der Waals surface area contributed by atoms with Crippen molar-refractivity contribution in [2.75, 3.05) is 0 Å². The lowest BCUT2D eigenvalue weighted by atomic mass is 10.0. The first kappa shape index (κ1) is 17.3. The SMILES string of the molecule is CCn1c2ccccc2c2cc(-c3nn(-c4ccccc4)cc3/C=N/O)ccc21. The predicted molar refractivity (Wildman–Crippen MR) is 117 cm³/mol. The van der Waals surface area contributed by atoms with Gasteiger partial charge in [0.15, 0.2) is 0 Å². The van der Waals surface area contributed by atoms with Gasteiger partial charge in [-0.15, -0.1) is 0 Å². The summed E-state index contributed by atoms with van der Waals surface area (Å²) in [5, 5.41) is 19.6. The number of aryl methyl sites for hydroxylation is 1. The number of para-hydroxylation sites is 2. The Morgan fingerprint density at radius 3 is 2.48 bits per heavy atom. The van der Waals surface area contributed by atoms with E-state index in [0.717, 1.165) is 29.1 Å². The van der Waals surface area contributed by atoms with Crippen molar-refractivity contribution in [3.8, 4) is 16.9 Å². The van der Waals surface area contributed by atoms with Gasteiger partial charge in [-0.2, -0.15) is 5.10 Å². The summed E-state index contributed by atoms with van der Waals surface area (Å²) in [6.45, 7) is 3.07. The topological polar surface area (TPSA) is 55.3 Å². The minimum Gasteiger partial charge on any atom is -0.411 e. The number of oxime groups is 1. The van der Waals surface area contributed by atoms with E-state index in [4.69, 9.17) is 10.3 Å². The maximum absolute atomic E-state index is 9.15. The molecule has 0 aliphatic carbocycles. The Kier molecular flexibility index (Phi) is 4.13. The van der Waals surface area contributed by atoms with E-state index in [1.807, 2.05) is 41.2 Å². The van der Waals surface area contributed by atoms with E-state index >= 15 is 0 Å². The predicted octanol–water partition coefficient (Wildman–Crippen LogP) is 5.48. The minimum absolute atomic E-state index is 0.759. The summed E-state index contributed by atoms with van der Waals surface area (Å²) in [6, 6.07) is 24.8. The van der Waals surface area contributed by atoms with Crippen molar-refractivity contribution < 1.29 is 5.21 Å². The van der Waals surface area contributed by atoms with Gasteiger partial charge in [-0.3, -0.25) is 0 Å². The van der Waals surface area contributed by atoms with E-state index in [-0.39, 0.29) is 0 Å². The lowest BCUT2D eigenvalue weighted by molar-refractivity contribution is 0.322. The van der Waals surface area contributed by atoms with Crippen LogP contribution in [0, 0.1) is 0 Å². The molecule has 0 saturated carbocycles. The highest BCUT2D eigenvalue weighted by Crippen LogP contribution is 2.33. The molecular formula is C24H20N4O. The molecule has 142 valence electrons. The zero-order valence-corrected chi connectivity index (χ0v) is 16.0. The number of benzene rings is 3. The van der Waals surface area contributed by atoms with Crippen LogP contribution in [0.2, 0.25) is 0 Å². The van der Waals surface area contributed by atoms with Gasteiger partial charge in [0.1, 0.15) is 5.69 Å². The van der Waals surface area contributed by atoms with Crippen LogP contribution in [0.1, 0.15) is 12.5 Å². The summed E-state index contributed by atoms with van der Waals surface area (Å²) in [4.78, 5) is 0. The lowest BCUT2D eigenvalue weighted by Gasteiger charge is -2.04. The van der Waals surface area contributed by atoms with Crippen molar-refractivity contribution >= 4 is 28.0 Å². The molecule has 0 aliphatic rings. The summed E-state index contributed by atoms with van der Waals surface area (Å²) in [7, 11) is 0. The highest BCUT2D eigenvalue weighted by Gasteiger charge is 2.15. The van der Waals surface area contributed by atoms with Crippen molar-refractivity contribution in [1.29, 1.82) is 0 Å². The van der Waals surface area contributed by atoms with Crippen LogP contribution in [-0.4, -0.2) is 25.8 Å². The number of hydrogen-bond donors (Lipinski definition) is 1. The third-order valence-corrected chi connectivity index (χ3v) is 5.32. The molecule has 2 aromatic heterocycles. The third kappa shape index (κ3) is 2.79. The standard InChI is InChI=1S/C24H20N4O/c1-2-27-22-11-7-6-10-20(22)21-14-17(12-13-23(21)27)24-18(15-25-29)16-28(26-24)19-8-4-3-5-9-19/h3-16,29H,2H2,1H3/b25-15+. The first-order valence-corrected chi connectivity index (χ1v) is 9.64. The Bertz CT molecular complexity index is 1350. The summed E-state index contributed by atoms with van der Waals surface area (Å²) >= 11 is 0. The van der Waals surface area contributed by atoms with Crippen molar-refractivity contribution in [1.82, 2.24) is 14.3 Å². The number of fused-ring (bicyclic) bond motifs is 3. The molecule has 0 spiro atoms. The van der Waals surface area contributed by atoms with Crippen LogP contribution in [0.5, 0.6) is 0 Å². The molecule has 3 aromatic carbocycles. The minimum atomic E-state index is 0.759. The van der Waals surface area contributed by atoms with E-state index in [0.29, 0.717) is 0 Å². The van der Waals surface area contributed by atoms with Crippen LogP contribution in [0.3, 0.4) is 0 Å². The first-order valence-electron chi connectivity index (χ1n) is 9.64. The van der Waals surface area contributed by atoms with Crippen LogP contribution in [0.25, 0.3) is 38.8 Å². The molecule has 1 N–H and O–H groups in total. The fourth-order valence-corrected chi connectivity index (χ4v) is 4.02. The molecule has 0 saturated heterocycles. The number of aromatic nitrogens is 3. The third-order valence-electron chi connectivity index (χ3n) is 5.32. The Labute approximate surface area is 168 Å². The van der Waals surface area contributed by atoms with Gasteiger partial charge < -0.3 is 9.77 Å². The largest absolute Gasteiger partial charge is 0.411 e. The van der Waals surface area contributed by atoms with Gasteiger partial charge in [-0.1, -0.05) is 47.6 Å². The van der Waals surface area contributed by atoms with Gasteiger partial charge in [0.2, 0.25) is 0 Å². The zero-order valence-electron chi connectivity index (χ0n) is 16.0. The molecular weight excluding hydrogens is 360 g/mol. The van der Waals surface area contributed by atoms with Crippen molar-refractivity contribution in [2.24, 2.45) is 5.16 Å². The van der Waals surface area contributed by atoms with E-state index in [1.165, 1.54) is 28.0 Å². The summed E-state index contributed by atoms with van der Waals surface area (Å²) < 4.78 is 4.14. The molecule has 2 heterocycles. The summed E-state index contributed by atoms with van der Waals surface area (Å²) in [5.41, 5.74) is 5.92. The Morgan fingerprint density at radius 1 is 0.931 bits per heavy atom. The van der Waals surface area contributed by atoms with Gasteiger partial charge in [0.05, 0.1) is 11.9 Å². The van der Waals surface area contributed by atoms with E-state index in [2.05, 4.69) is 59.1 Å². The maximum Gasteiger partial charge on any atom is 0.102 e. The maximum atomic E-state index is 9.15. The van der Waals surface area contributed by atoms with Crippen LogP contribution in [-0.2, 0) is 6.54 Å². The zero-order chi connectivity index (χ0) is 19.8. The van der Waals surface area contributed by atoms with E-state index in [9.17, 15) is 0 Å². The molecule has 0 bridgehead atoms. The second-order valence-corrected chi connectivity index (χ2v) is 6.95. The lowest BCUT2D eigenvalue weighted by Crippen LogP contribution is -1.94. The number of hydrogen-bond acceptors (Lipinski definition) is 3. The monoisotopic (exact) mass is 380 g/mol. The quantitative estimate of drug-likeness (QED) is 0.255. The van der Waals surface area contributed by atoms with Gasteiger partial charge in [0, 0.05) is 45.7 Å². The average molecular weight is 380 g/mol. The normalized spacial score (nSPS) is 11.8. The Balaban J connectivity index is 1.73. The van der Waals surface area contributed by atoms with Crippen LogP contribution in [0.15, 0.2) is 84.1 Å². The fourth-order valence-electron chi connectivity index (χ4n) is 4.02. The smallest absolute Gasteiger partial charge is 0.102 e. The van der Waals surface area contributed by atoms with Crippen molar-refractivity contribution in [3.05, 3.63) is 84.6 Å². The van der Waals surface area contributed by atoms with Crippen LogP contribution < -0.4 is 0 Å². The molecule has 29 heavy (non-hydrogen) atoms. The summed E-state index contributed by atoms with van der Waals surface area (Å²) in [5.74, 6) is 0. The molecule has 0 radical (unpaired) electrons. The second-order valence-electron chi connectivity index (χ2n) is 6.95. The Morgan fingerprint density at radius 2 is 1.69 bits per heavy atom. The molecule has 5 nitrogen and oxygen atoms in total. The highest BCUT2D eigenvalue weighted by atomic mass is 16.4. The number of rotatable bonds is 4. The van der Waals surface area contributed by atoms with Gasteiger partial charge in [0.25, 0.3) is 0 Å². The van der Waals surface area contributed by atoms with Gasteiger partial charge >= 0.3 is 0 Å². The van der Waals surface area contributed by atoms with Crippen LogP contribution >= 0.6 is 0 Å². The molecule has 0 unspecified atom stereocenters. The molecule has 0 fully saturated rings. The molecule has 5 aromatic rings. The van der Waals surface area contributed by atoms with Gasteiger partial charge in [-0.05, 0) is 37.3 Å².